The lowest BCUT2D eigenvalue weighted by atomic mass is 9.63. The first-order valence-corrected chi connectivity index (χ1v) is 9.48. The van der Waals surface area contributed by atoms with Gasteiger partial charge in [-0.1, -0.05) is 27.7 Å². The molecule has 1 aromatic rings. The number of pyridine rings is 1. The minimum Gasteiger partial charge on any atom is -0.474 e. The highest BCUT2D eigenvalue weighted by atomic mass is 19.4. The smallest absolute Gasteiger partial charge is 0.417 e. The molecule has 28 heavy (non-hydrogen) atoms. The Morgan fingerprint density at radius 3 is 2.39 bits per heavy atom. The van der Waals surface area contributed by atoms with Gasteiger partial charge in [0.2, 0.25) is 5.88 Å². The first-order valence-electron chi connectivity index (χ1n) is 9.48. The van der Waals surface area contributed by atoms with Gasteiger partial charge in [-0.05, 0) is 36.2 Å². The van der Waals surface area contributed by atoms with Gasteiger partial charge >= 0.3 is 12.3 Å². The van der Waals surface area contributed by atoms with Gasteiger partial charge in [0, 0.05) is 18.3 Å². The molecule has 1 aliphatic heterocycles. The maximum atomic E-state index is 12.6. The summed E-state index contributed by atoms with van der Waals surface area (Å²) >= 11 is 0. The first-order chi connectivity index (χ1) is 12.8. The average Bonchev–Trinajstić information content (AvgIpc) is 2.90. The average molecular weight is 400 g/mol. The summed E-state index contributed by atoms with van der Waals surface area (Å²) in [6.07, 6.45) is -1.59. The fraction of sp³-hybridized carbons (Fsp3) is 0.700. The summed E-state index contributed by atoms with van der Waals surface area (Å²) in [4.78, 5) is 17.8. The number of hydrogen-bond acceptors (Lipinski definition) is 4. The molecule has 0 N–H and O–H groups in total. The largest absolute Gasteiger partial charge is 0.474 e. The molecule has 8 heteroatoms. The molecule has 0 unspecified atom stereocenters. The van der Waals surface area contributed by atoms with Gasteiger partial charge in [-0.3, -0.25) is 0 Å². The summed E-state index contributed by atoms with van der Waals surface area (Å²) in [6.45, 7) is 9.35. The number of rotatable bonds is 4. The number of cyclic esters (lactones) is 1. The maximum Gasteiger partial charge on any atom is 0.417 e. The highest BCUT2D eigenvalue weighted by Gasteiger charge is 2.45. The van der Waals surface area contributed by atoms with Crippen molar-refractivity contribution in [3.8, 4) is 5.88 Å². The van der Waals surface area contributed by atoms with Gasteiger partial charge < -0.3 is 14.4 Å². The number of aromatic nitrogens is 1. The molecule has 5 nitrogen and oxygen atoms in total. The Labute approximate surface area is 163 Å². The fourth-order valence-electron chi connectivity index (χ4n) is 4.75. The molecule has 0 aromatic carbocycles. The van der Waals surface area contributed by atoms with E-state index in [0.29, 0.717) is 6.54 Å². The van der Waals surface area contributed by atoms with Crippen molar-refractivity contribution in [1.82, 2.24) is 9.88 Å². The number of alkyl halides is 3. The quantitative estimate of drug-likeness (QED) is 0.721. The molecule has 0 spiro atoms. The summed E-state index contributed by atoms with van der Waals surface area (Å²) in [6, 6.07) is 2.20. The molecule has 1 aromatic heterocycles. The van der Waals surface area contributed by atoms with Crippen LogP contribution in [0.15, 0.2) is 18.3 Å². The van der Waals surface area contributed by atoms with Crippen molar-refractivity contribution < 1.29 is 27.4 Å². The van der Waals surface area contributed by atoms with Gasteiger partial charge in [-0.25, -0.2) is 9.78 Å². The van der Waals surface area contributed by atoms with E-state index in [2.05, 4.69) is 32.7 Å². The van der Waals surface area contributed by atoms with Gasteiger partial charge in [0.15, 0.2) is 6.10 Å². The minimum absolute atomic E-state index is 0.0557. The molecule has 1 amide bonds. The van der Waals surface area contributed by atoms with Crippen molar-refractivity contribution in [2.45, 2.75) is 65.3 Å². The third kappa shape index (κ3) is 4.89. The molecular formula is C20H27F3N2O3. The monoisotopic (exact) mass is 400 g/mol. The summed E-state index contributed by atoms with van der Waals surface area (Å²) < 4.78 is 48.6. The second-order valence-electron chi connectivity index (χ2n) is 9.42. The third-order valence-electron chi connectivity index (χ3n) is 5.36. The Morgan fingerprint density at radius 1 is 1.21 bits per heavy atom. The van der Waals surface area contributed by atoms with E-state index in [9.17, 15) is 18.0 Å². The highest BCUT2D eigenvalue weighted by molar-refractivity contribution is 5.70. The van der Waals surface area contributed by atoms with Crippen LogP contribution in [0.1, 0.15) is 52.5 Å². The highest BCUT2D eigenvalue weighted by Crippen LogP contribution is 2.47. The predicted molar refractivity (Wildman–Crippen MR) is 96.9 cm³/mol. The van der Waals surface area contributed by atoms with Gasteiger partial charge in [0.05, 0.1) is 12.1 Å². The molecule has 1 aliphatic carbocycles. The standard InChI is InChI=1S/C20H27F3N2O3/c1-18(2)7-14(8-19(3,4)12-18)25-10-15(28-17(25)26)11-27-16-6-5-13(9-24-16)20(21,22)23/h5-6,9,14-15H,7-8,10-12H2,1-4H3/t15-/m0/s1. The number of amides is 1. The van der Waals surface area contributed by atoms with E-state index in [0.717, 1.165) is 31.5 Å². The van der Waals surface area contributed by atoms with Crippen LogP contribution >= 0.6 is 0 Å². The second kappa shape index (κ2) is 7.12. The zero-order valence-electron chi connectivity index (χ0n) is 16.7. The van der Waals surface area contributed by atoms with Crippen LogP contribution < -0.4 is 4.74 Å². The zero-order chi connectivity index (χ0) is 20.7. The topological polar surface area (TPSA) is 51.7 Å². The van der Waals surface area contributed by atoms with Crippen molar-refractivity contribution in [2.75, 3.05) is 13.2 Å². The van der Waals surface area contributed by atoms with Crippen LogP contribution in [0.3, 0.4) is 0 Å². The number of halogens is 3. The van der Waals surface area contributed by atoms with Crippen molar-refractivity contribution in [1.29, 1.82) is 0 Å². The fourth-order valence-corrected chi connectivity index (χ4v) is 4.75. The molecule has 2 fully saturated rings. The molecule has 1 saturated carbocycles. The molecule has 0 radical (unpaired) electrons. The summed E-state index contributed by atoms with van der Waals surface area (Å²) in [5, 5.41) is 0. The predicted octanol–water partition coefficient (Wildman–Crippen LogP) is 4.90. The number of nitrogens with zero attached hydrogens (tertiary/aromatic N) is 2. The summed E-state index contributed by atoms with van der Waals surface area (Å²) in [5.74, 6) is 0.0717. The van der Waals surface area contributed by atoms with Crippen LogP contribution in [-0.4, -0.2) is 41.3 Å². The lowest BCUT2D eigenvalue weighted by Crippen LogP contribution is -2.47. The Bertz CT molecular complexity index is 700. The van der Waals surface area contributed by atoms with E-state index < -0.39 is 17.8 Å². The Morgan fingerprint density at radius 2 is 1.86 bits per heavy atom. The van der Waals surface area contributed by atoms with Crippen LogP contribution in [-0.2, 0) is 10.9 Å². The lowest BCUT2D eigenvalue weighted by Gasteiger charge is -2.47. The molecule has 156 valence electrons. The minimum atomic E-state index is -4.44. The van der Waals surface area contributed by atoms with Crippen molar-refractivity contribution in [3.63, 3.8) is 0 Å². The molecule has 2 heterocycles. The summed E-state index contributed by atoms with van der Waals surface area (Å²) in [7, 11) is 0. The third-order valence-corrected chi connectivity index (χ3v) is 5.36. The van der Waals surface area contributed by atoms with Gasteiger partial charge in [0.25, 0.3) is 0 Å². The summed E-state index contributed by atoms with van der Waals surface area (Å²) in [5.41, 5.74) is -0.544. The van der Waals surface area contributed by atoms with Crippen LogP contribution in [0.5, 0.6) is 5.88 Å². The van der Waals surface area contributed by atoms with Crippen LogP contribution in [0.2, 0.25) is 0 Å². The Balaban J connectivity index is 1.57. The van der Waals surface area contributed by atoms with Crippen molar-refractivity contribution in [3.05, 3.63) is 23.9 Å². The van der Waals surface area contributed by atoms with E-state index in [1.807, 2.05) is 0 Å². The lowest BCUT2D eigenvalue weighted by molar-refractivity contribution is -0.137. The van der Waals surface area contributed by atoms with Gasteiger partial charge in [-0.2, -0.15) is 13.2 Å². The van der Waals surface area contributed by atoms with E-state index >= 15 is 0 Å². The molecule has 1 saturated heterocycles. The molecule has 1 atom stereocenters. The van der Waals surface area contributed by atoms with Crippen LogP contribution in [0.4, 0.5) is 18.0 Å². The SMILES string of the molecule is CC1(C)CC(N2C[C@@H](COc3ccc(C(F)(F)F)cn3)OC2=O)CC(C)(C)C1. The van der Waals surface area contributed by atoms with Gasteiger partial charge in [-0.15, -0.1) is 0 Å². The number of carbonyl (C=O) groups excluding carboxylic acids is 1. The van der Waals surface area contributed by atoms with Crippen molar-refractivity contribution in [2.24, 2.45) is 10.8 Å². The van der Waals surface area contributed by atoms with E-state index in [1.165, 1.54) is 6.07 Å². The van der Waals surface area contributed by atoms with Crippen LogP contribution in [0, 0.1) is 10.8 Å². The van der Waals surface area contributed by atoms with Crippen LogP contribution in [0.25, 0.3) is 0 Å². The zero-order valence-corrected chi connectivity index (χ0v) is 16.7. The number of hydrogen-bond donors (Lipinski definition) is 0. The number of ether oxygens (including phenoxy) is 2. The van der Waals surface area contributed by atoms with E-state index in [4.69, 9.17) is 9.47 Å². The van der Waals surface area contributed by atoms with Gasteiger partial charge in [0.1, 0.15) is 6.61 Å². The number of carbonyl (C=O) groups is 1. The maximum absolute atomic E-state index is 12.6. The Hall–Kier alpha value is -1.99. The molecule has 0 bridgehead atoms. The van der Waals surface area contributed by atoms with Crippen molar-refractivity contribution >= 4 is 6.09 Å². The molecule has 2 aliphatic rings. The first kappa shape index (κ1) is 20.7. The molecule has 3 rings (SSSR count). The second-order valence-corrected chi connectivity index (χ2v) is 9.42. The normalized spacial score (nSPS) is 24.9. The Kier molecular flexibility index (Phi) is 5.27. The van der Waals surface area contributed by atoms with E-state index in [-0.39, 0.29) is 35.5 Å². The molecular weight excluding hydrogens is 373 g/mol. The van der Waals surface area contributed by atoms with E-state index in [1.54, 1.807) is 4.90 Å².